The fourth-order valence-corrected chi connectivity index (χ4v) is 8.99. The van der Waals surface area contributed by atoms with Crippen molar-refractivity contribution >= 4 is 76.8 Å². The van der Waals surface area contributed by atoms with Crippen molar-refractivity contribution in [3.63, 3.8) is 0 Å². The quantitative estimate of drug-likeness (QED) is 0.179. The number of hydrogen-bond donors (Lipinski definition) is 1. The summed E-state index contributed by atoms with van der Waals surface area (Å²) >= 11 is 0. The lowest BCUT2D eigenvalue weighted by Crippen LogP contribution is -2.25. The number of rotatable bonds is 5. The molecule has 5 heteroatoms. The van der Waals surface area contributed by atoms with Crippen LogP contribution < -0.4 is 5.32 Å². The summed E-state index contributed by atoms with van der Waals surface area (Å²) in [6, 6.07) is 66.1. The van der Waals surface area contributed by atoms with Crippen LogP contribution in [0.4, 0.5) is 0 Å². The first-order valence-corrected chi connectivity index (χ1v) is 19.7. The monoisotopic (exact) mass is 742 g/mol. The van der Waals surface area contributed by atoms with Gasteiger partial charge < -0.3 is 14.3 Å². The Morgan fingerprint density at radius 1 is 0.500 bits per heavy atom. The maximum Gasteiger partial charge on any atom is 0.149 e. The second kappa shape index (κ2) is 12.9. The van der Waals surface area contributed by atoms with Crippen LogP contribution in [-0.2, 0) is 0 Å². The predicted molar refractivity (Wildman–Crippen MR) is 240 cm³/mol. The van der Waals surface area contributed by atoms with E-state index in [4.69, 9.17) is 14.4 Å². The number of aliphatic imine (C=N–C) groups is 1. The molecule has 5 nitrogen and oxygen atoms in total. The zero-order chi connectivity index (χ0) is 38.2. The summed E-state index contributed by atoms with van der Waals surface area (Å²) in [5, 5.41) is 11.7. The molecule has 3 aromatic heterocycles. The third-order valence-corrected chi connectivity index (χ3v) is 11.6. The van der Waals surface area contributed by atoms with Crippen molar-refractivity contribution < 1.29 is 4.42 Å². The first-order valence-electron chi connectivity index (χ1n) is 19.7. The summed E-state index contributed by atoms with van der Waals surface area (Å²) < 4.78 is 9.27. The number of nitrogens with zero attached hydrogens (tertiary/aromatic N) is 3. The molecule has 1 unspecified atom stereocenters. The van der Waals surface area contributed by atoms with Crippen molar-refractivity contribution in [1.82, 2.24) is 14.9 Å². The molecule has 0 bridgehead atoms. The van der Waals surface area contributed by atoms with Crippen LogP contribution in [0, 0.1) is 0 Å². The lowest BCUT2D eigenvalue weighted by atomic mass is 9.95. The summed E-state index contributed by atoms with van der Waals surface area (Å²) in [6.45, 7) is 0. The Balaban J connectivity index is 1.07. The van der Waals surface area contributed by atoms with E-state index in [-0.39, 0.29) is 0 Å². The first kappa shape index (κ1) is 32.5. The average molecular weight is 743 g/mol. The highest BCUT2D eigenvalue weighted by Crippen LogP contribution is 2.43. The molecular weight excluding hydrogens is 709 g/mol. The number of benzene rings is 8. The van der Waals surface area contributed by atoms with Crippen molar-refractivity contribution in [3.05, 3.63) is 211 Å². The molecule has 12 rings (SSSR count). The van der Waals surface area contributed by atoms with Crippen LogP contribution in [0.25, 0.3) is 88.1 Å². The number of nitrogens with one attached hydrogen (secondary N) is 1. The lowest BCUT2D eigenvalue weighted by Gasteiger charge is -2.25. The van der Waals surface area contributed by atoms with Gasteiger partial charge >= 0.3 is 0 Å². The van der Waals surface area contributed by atoms with E-state index >= 15 is 0 Å². The van der Waals surface area contributed by atoms with Crippen LogP contribution in [0.2, 0.25) is 0 Å². The van der Waals surface area contributed by atoms with E-state index in [1.54, 1.807) is 0 Å². The van der Waals surface area contributed by atoms with Crippen LogP contribution in [-0.4, -0.2) is 15.3 Å². The minimum absolute atomic E-state index is 0.412. The summed E-state index contributed by atoms with van der Waals surface area (Å²) in [5.41, 5.74) is 13.2. The highest BCUT2D eigenvalue weighted by molar-refractivity contribution is 6.28. The number of fused-ring (bicyclic) bond motifs is 10. The Morgan fingerprint density at radius 2 is 1.19 bits per heavy atom. The Kier molecular flexibility index (Phi) is 7.23. The zero-order valence-corrected chi connectivity index (χ0v) is 31.3. The largest absolute Gasteiger partial charge is 0.456 e. The van der Waals surface area contributed by atoms with E-state index in [2.05, 4.69) is 198 Å². The van der Waals surface area contributed by atoms with Crippen molar-refractivity contribution in [2.45, 2.75) is 6.17 Å². The van der Waals surface area contributed by atoms with Gasteiger partial charge in [-0.25, -0.2) is 4.98 Å². The van der Waals surface area contributed by atoms with Crippen LogP contribution in [0.1, 0.15) is 22.9 Å². The van der Waals surface area contributed by atoms with E-state index < -0.39 is 6.17 Å². The van der Waals surface area contributed by atoms with E-state index in [1.165, 1.54) is 16.3 Å². The molecule has 1 aliphatic heterocycles. The molecule has 0 aliphatic carbocycles. The minimum atomic E-state index is -0.412. The fourth-order valence-electron chi connectivity index (χ4n) is 8.99. The van der Waals surface area contributed by atoms with Gasteiger partial charge in [0.1, 0.15) is 17.3 Å². The number of aromatic nitrogens is 2. The molecule has 0 spiro atoms. The Hall–Kier alpha value is -7.76. The maximum atomic E-state index is 6.92. The highest BCUT2D eigenvalue weighted by Gasteiger charge is 2.25. The molecule has 0 fully saturated rings. The first-order chi connectivity index (χ1) is 28.8. The zero-order valence-electron chi connectivity index (χ0n) is 31.3. The molecular formula is C53H34N4O. The molecule has 11 aromatic rings. The molecule has 58 heavy (non-hydrogen) atoms. The number of furan rings is 1. The Morgan fingerprint density at radius 3 is 2.02 bits per heavy atom. The molecule has 8 aromatic carbocycles. The molecule has 0 radical (unpaired) electrons. The van der Waals surface area contributed by atoms with E-state index in [0.717, 1.165) is 94.2 Å². The highest BCUT2D eigenvalue weighted by atomic mass is 16.3. The van der Waals surface area contributed by atoms with E-state index in [0.29, 0.717) is 0 Å². The molecule has 0 saturated heterocycles. The van der Waals surface area contributed by atoms with E-state index in [1.807, 2.05) is 6.07 Å². The van der Waals surface area contributed by atoms with Gasteiger partial charge in [0.25, 0.3) is 0 Å². The van der Waals surface area contributed by atoms with Crippen LogP contribution in [0.5, 0.6) is 0 Å². The fraction of sp³-hybridized carbons (Fsp3) is 0.0189. The average Bonchev–Trinajstić information content (AvgIpc) is 3.85. The lowest BCUT2D eigenvalue weighted by molar-refractivity contribution is 0.624. The Labute approximate surface area is 333 Å². The minimum Gasteiger partial charge on any atom is -0.456 e. The van der Waals surface area contributed by atoms with Crippen LogP contribution in [0.15, 0.2) is 204 Å². The van der Waals surface area contributed by atoms with Gasteiger partial charge in [-0.2, -0.15) is 0 Å². The molecule has 0 amide bonds. The van der Waals surface area contributed by atoms with Crippen molar-refractivity contribution in [1.29, 1.82) is 0 Å². The summed E-state index contributed by atoms with van der Waals surface area (Å²) in [7, 11) is 0. The van der Waals surface area contributed by atoms with Gasteiger partial charge in [0.2, 0.25) is 0 Å². The van der Waals surface area contributed by atoms with Crippen molar-refractivity contribution in [2.24, 2.45) is 4.99 Å². The molecule has 272 valence electrons. The SMILES string of the molecule is C1=C(c2ccccc2)NC(c2cccc3c2oc2ccc4c(-c5ccccc5)nc5ccccc5c4c23)N=C1c1ccc2c(c1)c1ccccc1n2-c1ccccc1. The summed E-state index contributed by atoms with van der Waals surface area (Å²) in [5.74, 6) is 0. The topological polar surface area (TPSA) is 55.4 Å². The standard InChI is InChI=1S/C53H34N4O/c1-4-15-33(16-5-1)44-32-45(35-27-29-47-42(31-35)37-21-11-13-26-46(37)57(47)36-19-8-3-9-20-36)56-53(55-44)41-24-14-23-40-50-48(58-52(40)41)30-28-39-49(50)38-22-10-12-25-43(38)54-51(39)34-17-6-2-7-18-34/h1-32,53,55H. The second-order valence-corrected chi connectivity index (χ2v) is 14.9. The van der Waals surface area contributed by atoms with Gasteiger partial charge in [-0.3, -0.25) is 4.99 Å². The van der Waals surface area contributed by atoms with Gasteiger partial charge in [-0.05, 0) is 60.2 Å². The maximum absolute atomic E-state index is 6.92. The van der Waals surface area contributed by atoms with Gasteiger partial charge in [0.05, 0.1) is 28.0 Å². The number of hydrogen-bond acceptors (Lipinski definition) is 4. The number of para-hydroxylation sites is 4. The van der Waals surface area contributed by atoms with Crippen LogP contribution in [0.3, 0.4) is 0 Å². The van der Waals surface area contributed by atoms with Gasteiger partial charge in [-0.15, -0.1) is 0 Å². The third kappa shape index (κ3) is 5.03. The van der Waals surface area contributed by atoms with Gasteiger partial charge in [0, 0.05) is 65.8 Å². The molecule has 1 N–H and O–H groups in total. The summed E-state index contributed by atoms with van der Waals surface area (Å²) in [4.78, 5) is 10.7. The predicted octanol–water partition coefficient (Wildman–Crippen LogP) is 13.2. The van der Waals surface area contributed by atoms with Gasteiger partial charge in [0.15, 0.2) is 0 Å². The Bertz CT molecular complexity index is 3470. The van der Waals surface area contributed by atoms with Crippen LogP contribution >= 0.6 is 0 Å². The van der Waals surface area contributed by atoms with Crippen molar-refractivity contribution in [3.8, 4) is 16.9 Å². The summed E-state index contributed by atoms with van der Waals surface area (Å²) in [6.07, 6.45) is 1.77. The number of pyridine rings is 1. The van der Waals surface area contributed by atoms with Crippen molar-refractivity contribution in [2.75, 3.05) is 0 Å². The van der Waals surface area contributed by atoms with E-state index in [9.17, 15) is 0 Å². The third-order valence-electron chi connectivity index (χ3n) is 11.6. The number of allylic oxidation sites excluding steroid dienone is 1. The smallest absolute Gasteiger partial charge is 0.149 e. The molecule has 1 atom stereocenters. The molecule has 0 saturated carbocycles. The normalized spacial score (nSPS) is 14.4. The second-order valence-electron chi connectivity index (χ2n) is 14.9. The van der Waals surface area contributed by atoms with Gasteiger partial charge in [-0.1, -0.05) is 140 Å². The molecule has 1 aliphatic rings. The molecule has 4 heterocycles.